The number of benzene rings is 1. The average molecular weight is 486 g/mol. The topological polar surface area (TPSA) is 48.9 Å². The highest BCUT2D eigenvalue weighted by Gasteiger charge is 2.25. The van der Waals surface area contributed by atoms with Crippen molar-refractivity contribution in [3.05, 3.63) is 46.7 Å². The van der Waals surface area contributed by atoms with Crippen LogP contribution in [-0.2, 0) is 6.42 Å². The van der Waals surface area contributed by atoms with E-state index >= 15 is 0 Å². The number of hydrogen-bond acceptors (Lipinski definition) is 4. The molecule has 26 heavy (non-hydrogen) atoms. The normalized spacial score (nSPS) is 16.9. The number of hydrogen-bond donors (Lipinski definition) is 2. The van der Waals surface area contributed by atoms with Gasteiger partial charge in [0.1, 0.15) is 5.75 Å². The summed E-state index contributed by atoms with van der Waals surface area (Å²) in [5.41, 5.74) is 2.53. The Morgan fingerprint density at radius 1 is 1.35 bits per heavy atom. The molecule has 142 valence electrons. The predicted molar refractivity (Wildman–Crippen MR) is 122 cm³/mol. The molecular weight excluding hydrogens is 459 g/mol. The third-order valence-electron chi connectivity index (χ3n) is 4.46. The second-order valence-corrected chi connectivity index (χ2v) is 6.91. The largest absolute Gasteiger partial charge is 0.495 e. The van der Waals surface area contributed by atoms with Crippen LogP contribution < -0.4 is 20.3 Å². The van der Waals surface area contributed by atoms with Gasteiger partial charge < -0.3 is 20.3 Å². The van der Waals surface area contributed by atoms with Crippen LogP contribution >= 0.6 is 35.3 Å². The minimum Gasteiger partial charge on any atom is -0.495 e. The van der Waals surface area contributed by atoms with Crippen molar-refractivity contribution in [1.29, 1.82) is 0 Å². The number of rotatable bonds is 6. The quantitative estimate of drug-likeness (QED) is 0.374. The van der Waals surface area contributed by atoms with Crippen LogP contribution in [0.15, 0.2) is 46.1 Å². The first-order valence-electron chi connectivity index (χ1n) is 8.66. The fourth-order valence-electron chi connectivity index (χ4n) is 3.14. The minimum absolute atomic E-state index is 0. The minimum atomic E-state index is 0. The molecule has 3 rings (SSSR count). The second-order valence-electron chi connectivity index (χ2n) is 6.13. The van der Waals surface area contributed by atoms with E-state index in [1.807, 2.05) is 19.2 Å². The lowest BCUT2D eigenvalue weighted by Crippen LogP contribution is -2.45. The third kappa shape index (κ3) is 5.51. The first kappa shape index (κ1) is 20.8. The summed E-state index contributed by atoms with van der Waals surface area (Å²) in [5, 5.41) is 11.3. The number of para-hydroxylation sites is 2. The zero-order valence-corrected chi connectivity index (χ0v) is 18.4. The van der Waals surface area contributed by atoms with E-state index in [-0.39, 0.29) is 24.0 Å². The lowest BCUT2D eigenvalue weighted by Gasteiger charge is -2.22. The summed E-state index contributed by atoms with van der Waals surface area (Å²) in [6, 6.07) is 10.8. The summed E-state index contributed by atoms with van der Waals surface area (Å²) < 4.78 is 5.49. The van der Waals surface area contributed by atoms with Crippen molar-refractivity contribution in [2.24, 2.45) is 4.99 Å². The Kier molecular flexibility index (Phi) is 8.50. The highest BCUT2D eigenvalue weighted by Crippen LogP contribution is 2.30. The van der Waals surface area contributed by atoms with Gasteiger partial charge in [-0.05, 0) is 47.4 Å². The third-order valence-corrected chi connectivity index (χ3v) is 5.20. The molecule has 0 spiro atoms. The van der Waals surface area contributed by atoms with E-state index < -0.39 is 0 Å². The van der Waals surface area contributed by atoms with Gasteiger partial charge in [-0.1, -0.05) is 12.1 Å². The van der Waals surface area contributed by atoms with Crippen LogP contribution in [0.5, 0.6) is 5.75 Å². The molecule has 1 fully saturated rings. The summed E-state index contributed by atoms with van der Waals surface area (Å²) in [4.78, 5) is 6.73. The van der Waals surface area contributed by atoms with Gasteiger partial charge in [-0.2, -0.15) is 11.3 Å². The van der Waals surface area contributed by atoms with Gasteiger partial charge in [0, 0.05) is 32.7 Å². The number of methoxy groups -OCH3 is 1. The molecule has 1 saturated heterocycles. The Hall–Kier alpha value is -1.48. The Morgan fingerprint density at radius 3 is 2.92 bits per heavy atom. The number of aliphatic imine (C=N–C) groups is 1. The van der Waals surface area contributed by atoms with E-state index in [2.05, 4.69) is 49.5 Å². The fraction of sp³-hybridized carbons (Fsp3) is 0.421. The maximum absolute atomic E-state index is 5.49. The van der Waals surface area contributed by atoms with Crippen LogP contribution in [0.1, 0.15) is 12.0 Å². The molecule has 1 aromatic carbocycles. The van der Waals surface area contributed by atoms with Crippen LogP contribution in [0.25, 0.3) is 0 Å². The van der Waals surface area contributed by atoms with E-state index in [1.165, 1.54) is 5.56 Å². The summed E-state index contributed by atoms with van der Waals surface area (Å²) in [5.74, 6) is 1.81. The number of anilines is 1. The van der Waals surface area contributed by atoms with Gasteiger partial charge in [-0.3, -0.25) is 4.99 Å². The molecule has 0 bridgehead atoms. The average Bonchev–Trinajstić information content (AvgIpc) is 3.32. The number of nitrogens with zero attached hydrogens (tertiary/aromatic N) is 2. The van der Waals surface area contributed by atoms with Crippen molar-refractivity contribution >= 4 is 47.0 Å². The number of guanidine groups is 1. The van der Waals surface area contributed by atoms with E-state index in [0.717, 1.165) is 49.9 Å². The predicted octanol–water partition coefficient (Wildman–Crippen LogP) is 3.36. The van der Waals surface area contributed by atoms with Crippen molar-refractivity contribution in [3.8, 4) is 5.75 Å². The van der Waals surface area contributed by atoms with Gasteiger partial charge in [0.2, 0.25) is 0 Å². The zero-order chi connectivity index (χ0) is 17.5. The molecule has 1 atom stereocenters. The maximum Gasteiger partial charge on any atom is 0.191 e. The molecule has 1 unspecified atom stereocenters. The van der Waals surface area contributed by atoms with Crippen LogP contribution in [0.3, 0.4) is 0 Å². The Balaban J connectivity index is 0.00000243. The second kappa shape index (κ2) is 10.6. The van der Waals surface area contributed by atoms with E-state index in [1.54, 1.807) is 18.4 Å². The molecule has 1 aromatic heterocycles. The molecule has 1 aliphatic heterocycles. The SMILES string of the molecule is CN=C(NCCc1ccsc1)NC1CCN(c2ccccc2OC)C1.I. The molecule has 0 amide bonds. The molecule has 0 aliphatic carbocycles. The molecule has 5 nitrogen and oxygen atoms in total. The number of ether oxygens (including phenoxy) is 1. The molecule has 7 heteroatoms. The van der Waals surface area contributed by atoms with Crippen LogP contribution in [0, 0.1) is 0 Å². The number of halogens is 1. The van der Waals surface area contributed by atoms with Gasteiger partial charge >= 0.3 is 0 Å². The van der Waals surface area contributed by atoms with Gasteiger partial charge in [-0.15, -0.1) is 24.0 Å². The molecule has 0 saturated carbocycles. The highest BCUT2D eigenvalue weighted by molar-refractivity contribution is 14.0. The standard InChI is InChI=1S/C19H26N4OS.HI/c1-20-19(21-10-7-15-9-12-25-14-15)22-16-8-11-23(13-16)17-5-3-4-6-18(17)24-2;/h3-6,9,12,14,16H,7-8,10-11,13H2,1-2H3,(H2,20,21,22);1H. The first-order chi connectivity index (χ1) is 12.3. The summed E-state index contributed by atoms with van der Waals surface area (Å²) in [7, 11) is 3.55. The van der Waals surface area contributed by atoms with Gasteiger partial charge in [0.05, 0.1) is 12.8 Å². The van der Waals surface area contributed by atoms with Gasteiger partial charge in [0.25, 0.3) is 0 Å². The fourth-order valence-corrected chi connectivity index (χ4v) is 3.84. The van der Waals surface area contributed by atoms with Crippen molar-refractivity contribution in [1.82, 2.24) is 10.6 Å². The monoisotopic (exact) mass is 486 g/mol. The van der Waals surface area contributed by atoms with Crippen LogP contribution in [0.4, 0.5) is 5.69 Å². The Labute approximate surface area is 176 Å². The molecule has 0 radical (unpaired) electrons. The van der Waals surface area contributed by atoms with Crippen molar-refractivity contribution < 1.29 is 4.74 Å². The first-order valence-corrected chi connectivity index (χ1v) is 9.60. The van der Waals surface area contributed by atoms with Crippen LogP contribution in [-0.4, -0.2) is 45.8 Å². The van der Waals surface area contributed by atoms with Gasteiger partial charge in [0.15, 0.2) is 5.96 Å². The highest BCUT2D eigenvalue weighted by atomic mass is 127. The molecular formula is C19H27IN4OS. The van der Waals surface area contributed by atoms with E-state index in [9.17, 15) is 0 Å². The van der Waals surface area contributed by atoms with Crippen molar-refractivity contribution in [2.45, 2.75) is 18.9 Å². The Bertz CT molecular complexity index is 693. The summed E-state index contributed by atoms with van der Waals surface area (Å²) in [6.45, 7) is 2.86. The Morgan fingerprint density at radius 2 is 2.19 bits per heavy atom. The smallest absolute Gasteiger partial charge is 0.191 e. The summed E-state index contributed by atoms with van der Waals surface area (Å²) >= 11 is 1.74. The summed E-state index contributed by atoms with van der Waals surface area (Å²) in [6.07, 6.45) is 2.10. The lowest BCUT2D eigenvalue weighted by atomic mass is 10.2. The van der Waals surface area contributed by atoms with Crippen molar-refractivity contribution in [2.75, 3.05) is 38.7 Å². The molecule has 2 aromatic rings. The maximum atomic E-state index is 5.49. The number of nitrogens with one attached hydrogen (secondary N) is 2. The van der Waals surface area contributed by atoms with Crippen molar-refractivity contribution in [3.63, 3.8) is 0 Å². The molecule has 1 aliphatic rings. The molecule has 2 heterocycles. The van der Waals surface area contributed by atoms with E-state index in [0.29, 0.717) is 6.04 Å². The zero-order valence-electron chi connectivity index (χ0n) is 15.3. The number of thiophene rings is 1. The van der Waals surface area contributed by atoms with E-state index in [4.69, 9.17) is 4.74 Å². The van der Waals surface area contributed by atoms with Crippen LogP contribution in [0.2, 0.25) is 0 Å². The molecule has 2 N–H and O–H groups in total. The lowest BCUT2D eigenvalue weighted by molar-refractivity contribution is 0.415. The van der Waals surface area contributed by atoms with Gasteiger partial charge in [-0.25, -0.2) is 0 Å².